The molecule has 0 aromatic heterocycles. The fourth-order valence-corrected chi connectivity index (χ4v) is 3.43. The van der Waals surface area contributed by atoms with Gasteiger partial charge in [-0.2, -0.15) is 0 Å². The third-order valence-corrected chi connectivity index (χ3v) is 5.09. The van der Waals surface area contributed by atoms with Crippen LogP contribution < -0.4 is 5.32 Å². The van der Waals surface area contributed by atoms with Crippen LogP contribution in [0.5, 0.6) is 0 Å². The fraction of sp³-hybridized carbons (Fsp3) is 0.294. The van der Waals surface area contributed by atoms with Crippen molar-refractivity contribution in [3.63, 3.8) is 0 Å². The molecule has 0 spiro atoms. The zero-order valence-electron chi connectivity index (χ0n) is 11.9. The molecule has 112 valence electrons. The number of benzene rings is 2. The lowest BCUT2D eigenvalue weighted by atomic mass is 9.98. The van der Waals surface area contributed by atoms with Crippen LogP contribution in [0.3, 0.4) is 0 Å². The van der Waals surface area contributed by atoms with E-state index in [-0.39, 0.29) is 6.04 Å². The maximum atomic E-state index is 6.17. The highest BCUT2D eigenvalue weighted by molar-refractivity contribution is 9.10. The maximum Gasteiger partial charge on any atom is 0.0410 e. The monoisotopic (exact) mass is 429 g/mol. The number of hydrogen-bond acceptors (Lipinski definition) is 1. The molecule has 0 radical (unpaired) electrons. The lowest BCUT2D eigenvalue weighted by molar-refractivity contribution is 0.527. The Hall–Kier alpha value is -0.350. The van der Waals surface area contributed by atoms with Crippen molar-refractivity contribution in [2.24, 2.45) is 0 Å². The van der Waals surface area contributed by atoms with E-state index in [1.165, 1.54) is 11.1 Å². The molecule has 1 nitrogen and oxygen atoms in total. The van der Waals surface area contributed by atoms with Crippen molar-refractivity contribution in [1.82, 2.24) is 5.32 Å². The van der Waals surface area contributed by atoms with Crippen molar-refractivity contribution in [3.05, 3.63) is 67.6 Å². The van der Waals surface area contributed by atoms with Gasteiger partial charge in [0.2, 0.25) is 0 Å². The topological polar surface area (TPSA) is 12.0 Å². The van der Waals surface area contributed by atoms with Gasteiger partial charge >= 0.3 is 0 Å². The van der Waals surface area contributed by atoms with Crippen molar-refractivity contribution >= 4 is 43.5 Å². The van der Waals surface area contributed by atoms with Gasteiger partial charge in [0.05, 0.1) is 0 Å². The highest BCUT2D eigenvalue weighted by Gasteiger charge is 2.16. The second-order valence-electron chi connectivity index (χ2n) is 4.97. The lowest BCUT2D eigenvalue weighted by Gasteiger charge is -2.21. The standard InChI is InChI=1S/C17H18Br2ClN/c1-2-9-21-17(10-12-5-3-4-6-15(12)18)14-11-13(20)7-8-16(14)19/h3-8,11,17,21H,2,9-10H2,1H3. The molecule has 0 bridgehead atoms. The predicted octanol–water partition coefficient (Wildman–Crippen LogP) is 6.15. The molecule has 4 heteroatoms. The molecule has 2 aromatic rings. The Labute approximate surface area is 148 Å². The van der Waals surface area contributed by atoms with Gasteiger partial charge in [-0.25, -0.2) is 0 Å². The summed E-state index contributed by atoms with van der Waals surface area (Å²) in [6.45, 7) is 3.16. The van der Waals surface area contributed by atoms with Crippen molar-refractivity contribution in [2.75, 3.05) is 6.54 Å². The maximum absolute atomic E-state index is 6.17. The predicted molar refractivity (Wildman–Crippen MR) is 98.0 cm³/mol. The Balaban J connectivity index is 2.30. The van der Waals surface area contributed by atoms with E-state index in [2.05, 4.69) is 62.3 Å². The minimum absolute atomic E-state index is 0.233. The van der Waals surface area contributed by atoms with Crippen LogP contribution in [0.1, 0.15) is 30.5 Å². The van der Waals surface area contributed by atoms with Gasteiger partial charge in [-0.1, -0.05) is 68.6 Å². The molecule has 1 N–H and O–H groups in total. The summed E-state index contributed by atoms with van der Waals surface area (Å²) < 4.78 is 2.24. The average molecular weight is 432 g/mol. The van der Waals surface area contributed by atoms with E-state index < -0.39 is 0 Å². The first-order valence-corrected chi connectivity index (χ1v) is 9.00. The van der Waals surface area contributed by atoms with Gasteiger partial charge in [-0.05, 0) is 54.8 Å². The molecule has 21 heavy (non-hydrogen) atoms. The first-order chi connectivity index (χ1) is 10.1. The Morgan fingerprint density at radius 1 is 1.10 bits per heavy atom. The molecule has 0 fully saturated rings. The van der Waals surface area contributed by atoms with Gasteiger partial charge in [0.25, 0.3) is 0 Å². The van der Waals surface area contributed by atoms with E-state index >= 15 is 0 Å². The van der Waals surface area contributed by atoms with E-state index in [1.54, 1.807) is 0 Å². The van der Waals surface area contributed by atoms with Crippen LogP contribution >= 0.6 is 43.5 Å². The van der Waals surface area contributed by atoms with Crippen LogP contribution in [0.25, 0.3) is 0 Å². The number of nitrogens with one attached hydrogen (secondary N) is 1. The van der Waals surface area contributed by atoms with E-state index in [9.17, 15) is 0 Å². The second kappa shape index (κ2) is 8.33. The number of rotatable bonds is 6. The zero-order valence-corrected chi connectivity index (χ0v) is 15.8. The van der Waals surface area contributed by atoms with Gasteiger partial charge in [-0.15, -0.1) is 0 Å². The molecule has 0 heterocycles. The summed E-state index contributed by atoms with van der Waals surface area (Å²) in [7, 11) is 0. The summed E-state index contributed by atoms with van der Waals surface area (Å²) in [5.74, 6) is 0. The molecule has 2 rings (SSSR count). The third kappa shape index (κ3) is 4.82. The molecule has 0 amide bonds. The van der Waals surface area contributed by atoms with E-state index in [1.807, 2.05) is 24.3 Å². The normalized spacial score (nSPS) is 12.4. The van der Waals surface area contributed by atoms with Gasteiger partial charge in [0.1, 0.15) is 0 Å². The van der Waals surface area contributed by atoms with E-state index in [4.69, 9.17) is 11.6 Å². The zero-order chi connectivity index (χ0) is 15.2. The summed E-state index contributed by atoms with van der Waals surface area (Å²) >= 11 is 13.4. The summed E-state index contributed by atoms with van der Waals surface area (Å²) in [5.41, 5.74) is 2.49. The van der Waals surface area contributed by atoms with Crippen LogP contribution in [0.15, 0.2) is 51.4 Å². The Kier molecular flexibility index (Phi) is 6.74. The van der Waals surface area contributed by atoms with E-state index in [0.29, 0.717) is 0 Å². The second-order valence-corrected chi connectivity index (χ2v) is 7.11. The summed E-state index contributed by atoms with van der Waals surface area (Å²) in [6, 6.07) is 14.5. The SMILES string of the molecule is CCCNC(Cc1ccccc1Br)c1cc(Cl)ccc1Br. The first kappa shape index (κ1) is 17.0. The van der Waals surface area contributed by atoms with Crippen molar-refractivity contribution in [3.8, 4) is 0 Å². The average Bonchev–Trinajstić information content (AvgIpc) is 2.48. The minimum atomic E-state index is 0.233. The molecular weight excluding hydrogens is 413 g/mol. The summed E-state index contributed by atoms with van der Waals surface area (Å²) in [4.78, 5) is 0. The van der Waals surface area contributed by atoms with Crippen molar-refractivity contribution in [1.29, 1.82) is 0 Å². The largest absolute Gasteiger partial charge is 0.310 e. The molecule has 0 saturated heterocycles. The lowest BCUT2D eigenvalue weighted by Crippen LogP contribution is -2.24. The van der Waals surface area contributed by atoms with Crippen molar-refractivity contribution in [2.45, 2.75) is 25.8 Å². The first-order valence-electron chi connectivity index (χ1n) is 7.03. The molecule has 1 unspecified atom stereocenters. The van der Waals surface area contributed by atoms with Crippen molar-refractivity contribution < 1.29 is 0 Å². The molecule has 0 aliphatic heterocycles. The molecule has 0 aliphatic rings. The molecule has 0 saturated carbocycles. The van der Waals surface area contributed by atoms with Crippen LogP contribution in [-0.2, 0) is 6.42 Å². The molecule has 1 atom stereocenters. The van der Waals surface area contributed by atoms with Crippen LogP contribution in [-0.4, -0.2) is 6.54 Å². The Morgan fingerprint density at radius 3 is 2.57 bits per heavy atom. The van der Waals surface area contributed by atoms with Gasteiger partial charge < -0.3 is 5.32 Å². The van der Waals surface area contributed by atoms with E-state index in [0.717, 1.165) is 33.4 Å². The highest BCUT2D eigenvalue weighted by Crippen LogP contribution is 2.30. The van der Waals surface area contributed by atoms with Gasteiger partial charge in [0.15, 0.2) is 0 Å². The highest BCUT2D eigenvalue weighted by atomic mass is 79.9. The number of hydrogen-bond donors (Lipinski definition) is 1. The summed E-state index contributed by atoms with van der Waals surface area (Å²) in [6.07, 6.45) is 2.02. The smallest absolute Gasteiger partial charge is 0.0410 e. The summed E-state index contributed by atoms with van der Waals surface area (Å²) in [5, 5.41) is 4.39. The third-order valence-electron chi connectivity index (χ3n) is 3.36. The van der Waals surface area contributed by atoms with Gasteiger partial charge in [-0.3, -0.25) is 0 Å². The molecular formula is C17H18Br2ClN. The Morgan fingerprint density at radius 2 is 1.86 bits per heavy atom. The minimum Gasteiger partial charge on any atom is -0.310 e. The van der Waals surface area contributed by atoms with Crippen LogP contribution in [0.4, 0.5) is 0 Å². The van der Waals surface area contributed by atoms with Gasteiger partial charge in [0, 0.05) is 20.0 Å². The molecule has 0 aliphatic carbocycles. The fourth-order valence-electron chi connectivity index (χ4n) is 2.28. The van der Waals surface area contributed by atoms with Crippen LogP contribution in [0, 0.1) is 0 Å². The molecule has 2 aromatic carbocycles. The Bertz CT molecular complexity index is 601. The number of halogens is 3. The quantitative estimate of drug-likeness (QED) is 0.579. The van der Waals surface area contributed by atoms with Crippen LogP contribution in [0.2, 0.25) is 5.02 Å².